The molecule has 1 N–H and O–H groups in total. The highest BCUT2D eigenvalue weighted by Gasteiger charge is 2.21. The third-order valence-electron chi connectivity index (χ3n) is 5.53. The molecular formula is C25H28N4O2S2. The zero-order valence-electron chi connectivity index (χ0n) is 19.1. The largest absolute Gasteiger partial charge is 0.451 e. The van der Waals surface area contributed by atoms with Crippen molar-refractivity contribution in [3.63, 3.8) is 0 Å². The maximum Gasteiger partial charge on any atom is 0.287 e. The van der Waals surface area contributed by atoms with E-state index in [1.807, 2.05) is 31.2 Å². The molecule has 0 aliphatic carbocycles. The van der Waals surface area contributed by atoms with Crippen LogP contribution in [0.15, 0.2) is 57.3 Å². The van der Waals surface area contributed by atoms with E-state index in [1.165, 1.54) is 5.56 Å². The highest BCUT2D eigenvalue weighted by Crippen LogP contribution is 2.33. The Hall–Kier alpha value is -2.68. The molecule has 2 aromatic heterocycles. The molecule has 0 unspecified atom stereocenters. The number of nitrogens with one attached hydrogen (secondary N) is 1. The van der Waals surface area contributed by atoms with Crippen molar-refractivity contribution >= 4 is 40.0 Å². The number of benzene rings is 2. The molecule has 0 radical (unpaired) electrons. The van der Waals surface area contributed by atoms with Crippen LogP contribution in [0.25, 0.3) is 11.0 Å². The molecule has 0 bridgehead atoms. The third-order valence-corrected chi connectivity index (χ3v) is 7.53. The first kappa shape index (κ1) is 23.5. The van der Waals surface area contributed by atoms with Crippen molar-refractivity contribution in [2.45, 2.75) is 44.0 Å². The highest BCUT2D eigenvalue weighted by atomic mass is 32.2. The molecule has 2 heterocycles. The summed E-state index contributed by atoms with van der Waals surface area (Å²) in [7, 11) is 0. The van der Waals surface area contributed by atoms with Gasteiger partial charge in [0.15, 0.2) is 10.1 Å². The fourth-order valence-electron chi connectivity index (χ4n) is 3.63. The molecule has 0 spiro atoms. The van der Waals surface area contributed by atoms with Gasteiger partial charge in [0.2, 0.25) is 0 Å². The molecule has 4 rings (SSSR count). The van der Waals surface area contributed by atoms with Gasteiger partial charge >= 0.3 is 0 Å². The number of furan rings is 1. The molecule has 0 aliphatic rings. The number of carbonyl (C=O) groups is 1. The number of hydrogen-bond acceptors (Lipinski definition) is 7. The highest BCUT2D eigenvalue weighted by molar-refractivity contribution is 8.00. The number of rotatable bonds is 10. The predicted octanol–water partition coefficient (Wildman–Crippen LogP) is 5.66. The molecule has 6 nitrogen and oxygen atoms in total. The second-order valence-electron chi connectivity index (χ2n) is 7.74. The smallest absolute Gasteiger partial charge is 0.287 e. The van der Waals surface area contributed by atoms with E-state index in [9.17, 15) is 4.79 Å². The summed E-state index contributed by atoms with van der Waals surface area (Å²) in [4.78, 5) is 15.4. The summed E-state index contributed by atoms with van der Waals surface area (Å²) in [6, 6.07) is 16.2. The van der Waals surface area contributed by atoms with Gasteiger partial charge in [0, 0.05) is 29.8 Å². The molecule has 0 aliphatic heterocycles. The van der Waals surface area contributed by atoms with Gasteiger partial charge in [0.25, 0.3) is 5.91 Å². The molecule has 1 amide bonds. The minimum Gasteiger partial charge on any atom is -0.451 e. The number of carbonyl (C=O) groups excluding carboxylic acids is 1. The van der Waals surface area contributed by atoms with Gasteiger partial charge < -0.3 is 9.73 Å². The molecule has 8 heteroatoms. The lowest BCUT2D eigenvalue weighted by molar-refractivity contribution is 0.0924. The fourth-order valence-corrected chi connectivity index (χ4v) is 5.47. The van der Waals surface area contributed by atoms with E-state index in [2.05, 4.69) is 58.5 Å². The van der Waals surface area contributed by atoms with Crippen LogP contribution in [0.1, 0.15) is 46.1 Å². The first-order chi connectivity index (χ1) is 16.1. The number of thioether (sulfide) groups is 1. The van der Waals surface area contributed by atoms with Gasteiger partial charge in [-0.2, -0.15) is 0 Å². The minimum atomic E-state index is -0.206. The van der Waals surface area contributed by atoms with E-state index in [-0.39, 0.29) is 5.91 Å². The Morgan fingerprint density at radius 2 is 1.79 bits per heavy atom. The van der Waals surface area contributed by atoms with Crippen molar-refractivity contribution in [3.05, 3.63) is 76.0 Å². The molecule has 172 valence electrons. The van der Waals surface area contributed by atoms with Gasteiger partial charge in [-0.15, -0.1) is 10.2 Å². The molecule has 0 saturated carbocycles. The molecule has 0 saturated heterocycles. The summed E-state index contributed by atoms with van der Waals surface area (Å²) < 4.78 is 6.85. The SMILES string of the molecule is CCN(CC)Cc1ccc(CNC(=O)c2oc3ccccc3c2CSc2nnc(C)s2)cc1. The van der Waals surface area contributed by atoms with Gasteiger partial charge in [-0.3, -0.25) is 9.69 Å². The lowest BCUT2D eigenvalue weighted by atomic mass is 10.1. The normalized spacial score (nSPS) is 11.4. The van der Waals surface area contributed by atoms with Crippen LogP contribution in [-0.2, 0) is 18.8 Å². The minimum absolute atomic E-state index is 0.206. The summed E-state index contributed by atoms with van der Waals surface area (Å²) in [5.74, 6) is 0.750. The molecule has 0 atom stereocenters. The quantitative estimate of drug-likeness (QED) is 0.296. The standard InChI is InChI=1S/C25H28N4O2S2/c1-4-29(5-2)15-19-12-10-18(11-13-19)14-26-24(30)23-21(16-32-25-28-27-17(3)33-25)20-8-6-7-9-22(20)31-23/h6-13H,4-5,14-16H2,1-3H3,(H,26,30). The van der Waals surface area contributed by atoms with Crippen LogP contribution in [0.4, 0.5) is 0 Å². The Balaban J connectivity index is 1.45. The average molecular weight is 481 g/mol. The fraction of sp³-hybridized carbons (Fsp3) is 0.320. The van der Waals surface area contributed by atoms with Crippen molar-refractivity contribution < 1.29 is 9.21 Å². The van der Waals surface area contributed by atoms with E-state index < -0.39 is 0 Å². The van der Waals surface area contributed by atoms with Crippen molar-refractivity contribution in [1.29, 1.82) is 0 Å². The third kappa shape index (κ3) is 5.82. The molecule has 4 aromatic rings. The Bertz CT molecular complexity index is 1210. The molecular weight excluding hydrogens is 452 g/mol. The Labute approximate surface area is 202 Å². The van der Waals surface area contributed by atoms with Crippen molar-refractivity contribution in [2.75, 3.05) is 13.1 Å². The van der Waals surface area contributed by atoms with Crippen LogP contribution in [0.3, 0.4) is 0 Å². The van der Waals surface area contributed by atoms with Crippen LogP contribution >= 0.6 is 23.1 Å². The number of amides is 1. The van der Waals surface area contributed by atoms with E-state index in [1.54, 1.807) is 23.1 Å². The van der Waals surface area contributed by atoms with Crippen LogP contribution in [0.5, 0.6) is 0 Å². The lowest BCUT2D eigenvalue weighted by Gasteiger charge is -2.18. The Morgan fingerprint density at radius 1 is 1.06 bits per heavy atom. The zero-order chi connectivity index (χ0) is 23.2. The second kappa shape index (κ2) is 11.0. The van der Waals surface area contributed by atoms with Crippen LogP contribution in [0, 0.1) is 6.92 Å². The van der Waals surface area contributed by atoms with Crippen molar-refractivity contribution in [2.24, 2.45) is 0 Å². The summed E-state index contributed by atoms with van der Waals surface area (Å²) in [5.41, 5.74) is 3.93. The van der Waals surface area contributed by atoms with Gasteiger partial charge in [-0.1, -0.05) is 79.4 Å². The number of fused-ring (bicyclic) bond motifs is 1. The first-order valence-electron chi connectivity index (χ1n) is 11.1. The second-order valence-corrected chi connectivity index (χ2v) is 10.1. The predicted molar refractivity (Wildman–Crippen MR) is 135 cm³/mol. The summed E-state index contributed by atoms with van der Waals surface area (Å²) >= 11 is 3.12. The van der Waals surface area contributed by atoms with E-state index in [0.717, 1.165) is 45.5 Å². The monoisotopic (exact) mass is 480 g/mol. The van der Waals surface area contributed by atoms with E-state index in [4.69, 9.17) is 4.42 Å². The molecule has 2 aromatic carbocycles. The van der Waals surface area contributed by atoms with Gasteiger partial charge in [0.1, 0.15) is 10.6 Å². The summed E-state index contributed by atoms with van der Waals surface area (Å²) in [6.45, 7) is 9.73. The molecule has 0 fully saturated rings. The number of para-hydroxylation sites is 1. The first-order valence-corrected chi connectivity index (χ1v) is 12.9. The maximum atomic E-state index is 13.1. The molecule has 33 heavy (non-hydrogen) atoms. The van der Waals surface area contributed by atoms with Gasteiger partial charge in [-0.05, 0) is 37.2 Å². The number of nitrogens with zero attached hydrogens (tertiary/aromatic N) is 3. The van der Waals surface area contributed by atoms with Crippen LogP contribution in [-0.4, -0.2) is 34.1 Å². The summed E-state index contributed by atoms with van der Waals surface area (Å²) in [6.07, 6.45) is 0. The topological polar surface area (TPSA) is 71.3 Å². The van der Waals surface area contributed by atoms with Crippen LogP contribution in [0.2, 0.25) is 0 Å². The van der Waals surface area contributed by atoms with E-state index >= 15 is 0 Å². The average Bonchev–Trinajstić information content (AvgIpc) is 3.43. The van der Waals surface area contributed by atoms with Gasteiger partial charge in [0.05, 0.1) is 0 Å². The summed E-state index contributed by atoms with van der Waals surface area (Å²) in [5, 5.41) is 13.2. The lowest BCUT2D eigenvalue weighted by Crippen LogP contribution is -2.23. The zero-order valence-corrected chi connectivity index (χ0v) is 20.8. The van der Waals surface area contributed by atoms with Crippen molar-refractivity contribution in [3.8, 4) is 0 Å². The Morgan fingerprint density at radius 3 is 2.48 bits per heavy atom. The van der Waals surface area contributed by atoms with Crippen LogP contribution < -0.4 is 5.32 Å². The van der Waals surface area contributed by atoms with Gasteiger partial charge in [-0.25, -0.2) is 0 Å². The number of hydrogen-bond donors (Lipinski definition) is 1. The van der Waals surface area contributed by atoms with Crippen molar-refractivity contribution in [1.82, 2.24) is 20.4 Å². The maximum absolute atomic E-state index is 13.1. The number of aromatic nitrogens is 2. The van der Waals surface area contributed by atoms with E-state index in [0.29, 0.717) is 23.6 Å². The Kier molecular flexibility index (Phi) is 7.80. The number of aryl methyl sites for hydroxylation is 1.